The minimum Gasteiger partial charge on any atom is -0.462 e. The van der Waals surface area contributed by atoms with Crippen molar-refractivity contribution in [3.8, 4) is 0 Å². The van der Waals surface area contributed by atoms with Crippen LogP contribution in [0.2, 0.25) is 0 Å². The van der Waals surface area contributed by atoms with Gasteiger partial charge in [0.25, 0.3) is 0 Å². The molecule has 0 saturated carbocycles. The number of hydrogen-bond donors (Lipinski definition) is 1. The molecule has 0 aliphatic heterocycles. The first-order valence-electron chi connectivity index (χ1n) is 6.00. The second-order valence-electron chi connectivity index (χ2n) is 4.03. The zero-order valence-corrected chi connectivity index (χ0v) is 11.7. The van der Waals surface area contributed by atoms with Crippen molar-refractivity contribution < 1.29 is 9.53 Å². The van der Waals surface area contributed by atoms with E-state index in [0.29, 0.717) is 18.2 Å². The standard InChI is InChI=1S/C12H20N2O2S/c1-5-7-8(3)13-11-10(9(4)14-17-11)12(15)16-6-2/h8,13H,5-7H2,1-4H3. The number of carbonyl (C=O) groups excluding carboxylic acids is 1. The number of anilines is 1. The van der Waals surface area contributed by atoms with Crippen LogP contribution in [0.5, 0.6) is 0 Å². The SMILES string of the molecule is CCCC(C)Nc1snc(C)c1C(=O)OCC. The van der Waals surface area contributed by atoms with Crippen LogP contribution in [0.25, 0.3) is 0 Å². The van der Waals surface area contributed by atoms with Crippen molar-refractivity contribution in [1.29, 1.82) is 0 Å². The molecule has 1 atom stereocenters. The number of ether oxygens (including phenoxy) is 1. The van der Waals surface area contributed by atoms with Gasteiger partial charge in [-0.15, -0.1) is 0 Å². The van der Waals surface area contributed by atoms with E-state index in [1.807, 2.05) is 6.92 Å². The first kappa shape index (κ1) is 14.0. The third-order valence-electron chi connectivity index (χ3n) is 2.44. The minimum atomic E-state index is -0.287. The molecular formula is C12H20N2O2S. The molecule has 0 radical (unpaired) electrons. The number of esters is 1. The van der Waals surface area contributed by atoms with Crippen LogP contribution >= 0.6 is 11.5 Å². The molecule has 1 unspecified atom stereocenters. The summed E-state index contributed by atoms with van der Waals surface area (Å²) in [6, 6.07) is 0.341. The molecule has 0 aliphatic carbocycles. The van der Waals surface area contributed by atoms with Gasteiger partial charge >= 0.3 is 5.97 Å². The lowest BCUT2D eigenvalue weighted by Gasteiger charge is -2.13. The second-order valence-corrected chi connectivity index (χ2v) is 4.80. The topological polar surface area (TPSA) is 51.2 Å². The second kappa shape index (κ2) is 6.59. The van der Waals surface area contributed by atoms with E-state index in [1.54, 1.807) is 6.92 Å². The molecule has 0 aromatic carbocycles. The van der Waals surface area contributed by atoms with Crippen molar-refractivity contribution in [3.05, 3.63) is 11.3 Å². The number of carbonyl (C=O) groups is 1. The van der Waals surface area contributed by atoms with Gasteiger partial charge in [-0.3, -0.25) is 0 Å². The highest BCUT2D eigenvalue weighted by Gasteiger charge is 2.20. The fraction of sp³-hybridized carbons (Fsp3) is 0.667. The molecule has 1 aromatic rings. The minimum absolute atomic E-state index is 0.287. The Balaban J connectivity index is 2.82. The molecule has 0 spiro atoms. The van der Waals surface area contributed by atoms with E-state index in [1.165, 1.54) is 11.5 Å². The number of nitrogens with one attached hydrogen (secondary N) is 1. The van der Waals surface area contributed by atoms with E-state index >= 15 is 0 Å². The summed E-state index contributed by atoms with van der Waals surface area (Å²) in [5, 5.41) is 4.15. The summed E-state index contributed by atoms with van der Waals surface area (Å²) in [6.07, 6.45) is 2.18. The van der Waals surface area contributed by atoms with E-state index in [2.05, 4.69) is 23.5 Å². The summed E-state index contributed by atoms with van der Waals surface area (Å²) < 4.78 is 9.25. The van der Waals surface area contributed by atoms with Gasteiger partial charge in [0.05, 0.1) is 12.3 Å². The molecule has 0 saturated heterocycles. The lowest BCUT2D eigenvalue weighted by molar-refractivity contribution is 0.0527. The molecule has 17 heavy (non-hydrogen) atoms. The number of rotatable bonds is 6. The zero-order valence-electron chi connectivity index (χ0n) is 10.9. The third kappa shape index (κ3) is 3.70. The van der Waals surface area contributed by atoms with Crippen molar-refractivity contribution in [1.82, 2.24) is 4.37 Å². The van der Waals surface area contributed by atoms with Gasteiger partial charge in [0.1, 0.15) is 10.6 Å². The maximum Gasteiger partial charge on any atom is 0.343 e. The largest absolute Gasteiger partial charge is 0.462 e. The Morgan fingerprint density at radius 2 is 2.24 bits per heavy atom. The van der Waals surface area contributed by atoms with Crippen LogP contribution in [0.3, 0.4) is 0 Å². The lowest BCUT2D eigenvalue weighted by atomic mass is 10.2. The van der Waals surface area contributed by atoms with Crippen molar-refractivity contribution >= 4 is 22.5 Å². The van der Waals surface area contributed by atoms with Gasteiger partial charge in [-0.05, 0) is 38.7 Å². The lowest BCUT2D eigenvalue weighted by Crippen LogP contribution is -2.16. The molecule has 1 heterocycles. The Bertz CT molecular complexity index is 377. The van der Waals surface area contributed by atoms with Crippen LogP contribution in [0.15, 0.2) is 0 Å². The van der Waals surface area contributed by atoms with Crippen LogP contribution in [0, 0.1) is 6.92 Å². The summed E-state index contributed by atoms with van der Waals surface area (Å²) >= 11 is 1.32. The average Bonchev–Trinajstić information content (AvgIpc) is 2.60. The van der Waals surface area contributed by atoms with Gasteiger partial charge in [-0.1, -0.05) is 13.3 Å². The van der Waals surface area contributed by atoms with Crippen LogP contribution < -0.4 is 5.32 Å². The van der Waals surface area contributed by atoms with Crippen molar-refractivity contribution in [2.75, 3.05) is 11.9 Å². The molecular weight excluding hydrogens is 236 g/mol. The highest BCUT2D eigenvalue weighted by Crippen LogP contribution is 2.26. The normalized spacial score (nSPS) is 12.2. The van der Waals surface area contributed by atoms with E-state index in [-0.39, 0.29) is 5.97 Å². The first-order chi connectivity index (χ1) is 8.10. The number of aryl methyl sites for hydroxylation is 1. The number of nitrogens with zero attached hydrogens (tertiary/aromatic N) is 1. The van der Waals surface area contributed by atoms with Gasteiger partial charge in [-0.25, -0.2) is 4.79 Å². The Morgan fingerprint density at radius 3 is 2.82 bits per heavy atom. The summed E-state index contributed by atoms with van der Waals surface area (Å²) in [5.74, 6) is -0.287. The zero-order chi connectivity index (χ0) is 12.8. The van der Waals surface area contributed by atoms with Gasteiger partial charge in [-0.2, -0.15) is 4.37 Å². The third-order valence-corrected chi connectivity index (χ3v) is 3.31. The van der Waals surface area contributed by atoms with Crippen LogP contribution in [-0.2, 0) is 4.74 Å². The summed E-state index contributed by atoms with van der Waals surface area (Å²) in [4.78, 5) is 11.8. The molecule has 0 amide bonds. The summed E-state index contributed by atoms with van der Waals surface area (Å²) in [5.41, 5.74) is 1.32. The Kier molecular flexibility index (Phi) is 5.41. The van der Waals surface area contributed by atoms with E-state index in [4.69, 9.17) is 4.74 Å². The van der Waals surface area contributed by atoms with Gasteiger partial charge in [0.2, 0.25) is 0 Å². The smallest absolute Gasteiger partial charge is 0.343 e. The first-order valence-corrected chi connectivity index (χ1v) is 6.77. The summed E-state index contributed by atoms with van der Waals surface area (Å²) in [7, 11) is 0. The monoisotopic (exact) mass is 256 g/mol. The fourth-order valence-electron chi connectivity index (χ4n) is 1.64. The number of aromatic nitrogens is 1. The molecule has 0 fully saturated rings. The molecule has 0 aliphatic rings. The van der Waals surface area contributed by atoms with Gasteiger partial charge in [0.15, 0.2) is 0 Å². The van der Waals surface area contributed by atoms with E-state index in [0.717, 1.165) is 23.5 Å². The fourth-order valence-corrected chi connectivity index (χ4v) is 2.54. The van der Waals surface area contributed by atoms with E-state index in [9.17, 15) is 4.79 Å². The molecule has 1 aromatic heterocycles. The van der Waals surface area contributed by atoms with Crippen molar-refractivity contribution in [2.24, 2.45) is 0 Å². The molecule has 96 valence electrons. The Labute approximate surface area is 107 Å². The predicted octanol–water partition coefficient (Wildman–Crippen LogP) is 3.23. The number of hydrogen-bond acceptors (Lipinski definition) is 5. The van der Waals surface area contributed by atoms with E-state index < -0.39 is 0 Å². The van der Waals surface area contributed by atoms with Crippen LogP contribution in [0.1, 0.15) is 49.7 Å². The predicted molar refractivity (Wildman–Crippen MR) is 70.8 cm³/mol. The molecule has 1 N–H and O–H groups in total. The van der Waals surface area contributed by atoms with Gasteiger partial charge in [0, 0.05) is 6.04 Å². The molecule has 0 bridgehead atoms. The van der Waals surface area contributed by atoms with Crippen LogP contribution in [0.4, 0.5) is 5.00 Å². The molecule has 4 nitrogen and oxygen atoms in total. The van der Waals surface area contributed by atoms with Gasteiger partial charge < -0.3 is 10.1 Å². The van der Waals surface area contributed by atoms with Crippen molar-refractivity contribution in [2.45, 2.75) is 46.6 Å². The van der Waals surface area contributed by atoms with Crippen molar-refractivity contribution in [3.63, 3.8) is 0 Å². The maximum atomic E-state index is 11.8. The molecule has 5 heteroatoms. The highest BCUT2D eigenvalue weighted by atomic mass is 32.1. The maximum absolute atomic E-state index is 11.8. The Hall–Kier alpha value is -1.10. The molecule has 1 rings (SSSR count). The average molecular weight is 256 g/mol. The van der Waals surface area contributed by atoms with Crippen LogP contribution in [-0.4, -0.2) is 23.0 Å². The summed E-state index contributed by atoms with van der Waals surface area (Å²) in [6.45, 7) is 8.27. The Morgan fingerprint density at radius 1 is 1.53 bits per heavy atom. The highest BCUT2D eigenvalue weighted by molar-refractivity contribution is 7.10. The quantitative estimate of drug-likeness (QED) is 0.794.